The SMILES string of the molecule is NCC(=O)Nc1cccc(-c2nc(-c3cccc(CO)c3)cc(N3CCOCC3)n2)c1. The molecule has 1 aliphatic heterocycles. The van der Waals surface area contributed by atoms with Crippen LogP contribution in [0.15, 0.2) is 54.6 Å². The van der Waals surface area contributed by atoms with E-state index in [4.69, 9.17) is 20.4 Å². The number of anilines is 2. The molecule has 4 N–H and O–H groups in total. The minimum atomic E-state index is -0.262. The molecule has 1 saturated heterocycles. The highest BCUT2D eigenvalue weighted by atomic mass is 16.5. The lowest BCUT2D eigenvalue weighted by atomic mass is 10.1. The van der Waals surface area contributed by atoms with Crippen molar-refractivity contribution in [3.63, 3.8) is 0 Å². The Morgan fingerprint density at radius 3 is 2.61 bits per heavy atom. The number of nitrogens with zero attached hydrogens (tertiary/aromatic N) is 3. The summed E-state index contributed by atoms with van der Waals surface area (Å²) in [6.45, 7) is 2.67. The highest BCUT2D eigenvalue weighted by molar-refractivity contribution is 5.92. The molecule has 0 unspecified atom stereocenters. The average Bonchev–Trinajstić information content (AvgIpc) is 2.84. The molecule has 0 spiro atoms. The zero-order chi connectivity index (χ0) is 21.6. The van der Waals surface area contributed by atoms with E-state index < -0.39 is 0 Å². The highest BCUT2D eigenvalue weighted by Crippen LogP contribution is 2.28. The molecule has 8 heteroatoms. The summed E-state index contributed by atoms with van der Waals surface area (Å²) in [6, 6.07) is 17.0. The van der Waals surface area contributed by atoms with Crippen molar-refractivity contribution >= 4 is 17.4 Å². The molecule has 8 nitrogen and oxygen atoms in total. The van der Waals surface area contributed by atoms with E-state index in [2.05, 4.69) is 10.2 Å². The number of aliphatic hydroxyl groups is 1. The molecule has 0 saturated carbocycles. The number of carbonyl (C=O) groups excluding carboxylic acids is 1. The molecule has 1 aliphatic rings. The molecular weight excluding hydrogens is 394 g/mol. The van der Waals surface area contributed by atoms with Crippen molar-refractivity contribution in [2.45, 2.75) is 6.61 Å². The molecule has 0 bridgehead atoms. The van der Waals surface area contributed by atoms with Gasteiger partial charge in [0.05, 0.1) is 32.1 Å². The molecule has 3 aromatic rings. The van der Waals surface area contributed by atoms with Gasteiger partial charge < -0.3 is 25.8 Å². The van der Waals surface area contributed by atoms with Crippen molar-refractivity contribution in [1.29, 1.82) is 0 Å². The maximum atomic E-state index is 11.7. The number of nitrogens with one attached hydrogen (secondary N) is 1. The van der Waals surface area contributed by atoms with Crippen molar-refractivity contribution in [3.05, 3.63) is 60.2 Å². The van der Waals surface area contributed by atoms with Crippen molar-refractivity contribution in [3.8, 4) is 22.6 Å². The third-order valence-corrected chi connectivity index (χ3v) is 5.04. The van der Waals surface area contributed by atoms with Gasteiger partial charge in [0, 0.05) is 36.0 Å². The van der Waals surface area contributed by atoms with Crippen LogP contribution in [0.3, 0.4) is 0 Å². The van der Waals surface area contributed by atoms with Gasteiger partial charge in [-0.3, -0.25) is 4.79 Å². The third kappa shape index (κ3) is 5.05. The first-order chi connectivity index (χ1) is 15.2. The van der Waals surface area contributed by atoms with Crippen LogP contribution in [0.25, 0.3) is 22.6 Å². The molecule has 0 atom stereocenters. The minimum absolute atomic E-state index is 0.0367. The van der Waals surface area contributed by atoms with Crippen LogP contribution in [-0.4, -0.2) is 53.8 Å². The number of benzene rings is 2. The third-order valence-electron chi connectivity index (χ3n) is 5.04. The molecule has 1 aromatic heterocycles. The Hall–Kier alpha value is -3.33. The zero-order valence-electron chi connectivity index (χ0n) is 17.1. The van der Waals surface area contributed by atoms with E-state index >= 15 is 0 Å². The second kappa shape index (κ2) is 9.65. The summed E-state index contributed by atoms with van der Waals surface area (Å²) in [5.41, 5.74) is 9.31. The van der Waals surface area contributed by atoms with Gasteiger partial charge >= 0.3 is 0 Å². The van der Waals surface area contributed by atoms with E-state index in [-0.39, 0.29) is 19.1 Å². The standard InChI is InChI=1S/C23H25N5O3/c24-14-22(30)25-19-6-2-5-18(12-19)23-26-20(17-4-1-3-16(11-17)15-29)13-21(27-23)28-7-9-31-10-8-28/h1-6,11-13,29H,7-10,14-15,24H2,(H,25,30). The van der Waals surface area contributed by atoms with E-state index in [0.29, 0.717) is 24.7 Å². The lowest BCUT2D eigenvalue weighted by Crippen LogP contribution is -2.36. The predicted molar refractivity (Wildman–Crippen MR) is 120 cm³/mol. The van der Waals surface area contributed by atoms with Gasteiger partial charge in [0.25, 0.3) is 0 Å². The first-order valence-electron chi connectivity index (χ1n) is 10.2. The molecule has 31 heavy (non-hydrogen) atoms. The van der Waals surface area contributed by atoms with E-state index in [1.54, 1.807) is 6.07 Å². The summed E-state index contributed by atoms with van der Waals surface area (Å²) in [4.78, 5) is 23.5. The van der Waals surface area contributed by atoms with E-state index in [1.807, 2.05) is 48.5 Å². The summed E-state index contributed by atoms with van der Waals surface area (Å²) in [5, 5.41) is 12.3. The maximum absolute atomic E-state index is 11.7. The number of hydrogen-bond donors (Lipinski definition) is 3. The van der Waals surface area contributed by atoms with Crippen molar-refractivity contribution in [1.82, 2.24) is 9.97 Å². The Bertz CT molecular complexity index is 1070. The van der Waals surface area contributed by atoms with Gasteiger partial charge in [-0.05, 0) is 23.8 Å². The van der Waals surface area contributed by atoms with E-state index in [1.165, 1.54) is 0 Å². The molecule has 2 heterocycles. The number of nitrogens with two attached hydrogens (primary N) is 1. The Labute approximate surface area is 180 Å². The normalized spacial score (nSPS) is 13.8. The van der Waals surface area contributed by atoms with Gasteiger partial charge in [0.2, 0.25) is 5.91 Å². The quantitative estimate of drug-likeness (QED) is 0.560. The lowest BCUT2D eigenvalue weighted by Gasteiger charge is -2.28. The molecule has 0 radical (unpaired) electrons. The zero-order valence-corrected chi connectivity index (χ0v) is 17.1. The van der Waals surface area contributed by atoms with Crippen LogP contribution in [0.2, 0.25) is 0 Å². The monoisotopic (exact) mass is 419 g/mol. The van der Waals surface area contributed by atoms with Gasteiger partial charge in [-0.15, -0.1) is 0 Å². The van der Waals surface area contributed by atoms with Crippen LogP contribution in [0, 0.1) is 0 Å². The molecule has 0 aliphatic carbocycles. The number of morpholine rings is 1. The van der Waals surface area contributed by atoms with Crippen LogP contribution in [0.1, 0.15) is 5.56 Å². The first-order valence-corrected chi connectivity index (χ1v) is 10.2. The average molecular weight is 419 g/mol. The summed E-state index contributed by atoms with van der Waals surface area (Å²) < 4.78 is 5.48. The Morgan fingerprint density at radius 1 is 1.06 bits per heavy atom. The van der Waals surface area contributed by atoms with Crippen molar-refractivity contribution < 1.29 is 14.6 Å². The number of aromatic nitrogens is 2. The molecule has 4 rings (SSSR count). The van der Waals surface area contributed by atoms with Crippen molar-refractivity contribution in [2.75, 3.05) is 43.1 Å². The van der Waals surface area contributed by atoms with E-state index in [9.17, 15) is 9.90 Å². The van der Waals surface area contributed by atoms with Crippen LogP contribution < -0.4 is 16.0 Å². The summed E-state index contributed by atoms with van der Waals surface area (Å²) in [7, 11) is 0. The van der Waals surface area contributed by atoms with E-state index in [0.717, 1.165) is 41.3 Å². The number of amides is 1. The summed E-state index contributed by atoms with van der Waals surface area (Å²) >= 11 is 0. The summed E-state index contributed by atoms with van der Waals surface area (Å²) in [6.07, 6.45) is 0. The molecule has 2 aromatic carbocycles. The Balaban J connectivity index is 1.78. The lowest BCUT2D eigenvalue weighted by molar-refractivity contribution is -0.114. The van der Waals surface area contributed by atoms with Gasteiger partial charge in [0.1, 0.15) is 5.82 Å². The number of aliphatic hydroxyl groups excluding tert-OH is 1. The fourth-order valence-electron chi connectivity index (χ4n) is 3.44. The van der Waals surface area contributed by atoms with Gasteiger partial charge in [-0.25, -0.2) is 9.97 Å². The minimum Gasteiger partial charge on any atom is -0.392 e. The van der Waals surface area contributed by atoms with Gasteiger partial charge in [-0.2, -0.15) is 0 Å². The molecule has 160 valence electrons. The summed E-state index contributed by atoms with van der Waals surface area (Å²) in [5.74, 6) is 1.10. The van der Waals surface area contributed by atoms with Crippen LogP contribution in [0.5, 0.6) is 0 Å². The predicted octanol–water partition coefficient (Wildman–Crippen LogP) is 2.04. The fraction of sp³-hybridized carbons (Fsp3) is 0.261. The van der Waals surface area contributed by atoms with Crippen LogP contribution in [-0.2, 0) is 16.1 Å². The number of rotatable bonds is 6. The van der Waals surface area contributed by atoms with Crippen LogP contribution >= 0.6 is 0 Å². The topological polar surface area (TPSA) is 114 Å². The van der Waals surface area contributed by atoms with Gasteiger partial charge in [-0.1, -0.05) is 30.3 Å². The number of ether oxygens (including phenoxy) is 1. The largest absolute Gasteiger partial charge is 0.392 e. The molecule has 1 amide bonds. The number of hydrogen-bond acceptors (Lipinski definition) is 7. The maximum Gasteiger partial charge on any atom is 0.238 e. The number of carbonyl (C=O) groups is 1. The molecule has 1 fully saturated rings. The fourth-order valence-corrected chi connectivity index (χ4v) is 3.44. The Morgan fingerprint density at radius 2 is 1.84 bits per heavy atom. The molecular formula is C23H25N5O3. The Kier molecular flexibility index (Phi) is 6.51. The van der Waals surface area contributed by atoms with Crippen LogP contribution in [0.4, 0.5) is 11.5 Å². The highest BCUT2D eigenvalue weighted by Gasteiger charge is 2.17. The first kappa shape index (κ1) is 20.9. The second-order valence-electron chi connectivity index (χ2n) is 7.23. The second-order valence-corrected chi connectivity index (χ2v) is 7.23. The van der Waals surface area contributed by atoms with Gasteiger partial charge in [0.15, 0.2) is 5.82 Å². The van der Waals surface area contributed by atoms with Crippen molar-refractivity contribution in [2.24, 2.45) is 5.73 Å². The smallest absolute Gasteiger partial charge is 0.238 e.